The molecule has 0 saturated carbocycles. The maximum absolute atomic E-state index is 13.7. The van der Waals surface area contributed by atoms with Gasteiger partial charge in [-0.05, 0) is 47.0 Å². The third-order valence-electron chi connectivity index (χ3n) is 3.93. The number of rotatable bonds is 11. The first kappa shape index (κ1) is 27.0. The molecule has 0 rings (SSSR count). The van der Waals surface area contributed by atoms with E-state index in [1.165, 1.54) is 12.0 Å². The van der Waals surface area contributed by atoms with Crippen molar-refractivity contribution in [3.8, 4) is 6.07 Å². The van der Waals surface area contributed by atoms with Crippen molar-refractivity contribution in [3.63, 3.8) is 0 Å². The Labute approximate surface area is 169 Å². The molecular weight excluding hydrogens is 383 g/mol. The zero-order valence-corrected chi connectivity index (χ0v) is 19.6. The quantitative estimate of drug-likeness (QED) is 0.375. The van der Waals surface area contributed by atoms with Gasteiger partial charge in [-0.2, -0.15) is 10.3 Å². The highest BCUT2D eigenvalue weighted by Gasteiger charge is 2.52. The lowest BCUT2D eigenvalue weighted by Gasteiger charge is -2.49. The number of aliphatic carboxylic acids is 1. The van der Waals surface area contributed by atoms with Gasteiger partial charge in [0.2, 0.25) is 0 Å². The van der Waals surface area contributed by atoms with Crippen LogP contribution < -0.4 is 0 Å². The minimum absolute atomic E-state index is 0.0180. The first-order valence-electron chi connectivity index (χ1n) is 9.56. The summed E-state index contributed by atoms with van der Waals surface area (Å²) in [5.74, 6) is -1.84. The summed E-state index contributed by atoms with van der Waals surface area (Å²) in [6.45, 7) is 16.7. The predicted octanol–water partition coefficient (Wildman–Crippen LogP) is 4.80. The highest BCUT2D eigenvalue weighted by molar-refractivity contribution is 7.54. The summed E-state index contributed by atoms with van der Waals surface area (Å²) in [5, 5.41) is 20.2. The molecule has 0 saturated heterocycles. The Balaban J connectivity index is 6.33. The van der Waals surface area contributed by atoms with E-state index in [9.17, 15) is 14.6 Å². The van der Waals surface area contributed by atoms with Crippen LogP contribution in [0, 0.1) is 16.7 Å². The fourth-order valence-corrected chi connectivity index (χ4v) is 5.41. The van der Waals surface area contributed by atoms with E-state index in [-0.39, 0.29) is 26.1 Å². The molecule has 2 atom stereocenters. The number of hydrogen-bond acceptors (Lipinski definition) is 7. The van der Waals surface area contributed by atoms with Gasteiger partial charge >= 0.3 is 13.6 Å². The molecule has 0 aromatic rings. The first-order chi connectivity index (χ1) is 12.6. The van der Waals surface area contributed by atoms with E-state index < -0.39 is 35.9 Å². The van der Waals surface area contributed by atoms with Gasteiger partial charge in [0.15, 0.2) is 5.60 Å². The predicted molar refractivity (Wildman–Crippen MR) is 108 cm³/mol. The normalized spacial score (nSPS) is 16.5. The molecule has 0 amide bonds. The average Bonchev–Trinajstić information content (AvgIpc) is 2.50. The summed E-state index contributed by atoms with van der Waals surface area (Å²) in [4.78, 5) is 17.1. The fraction of sp³-hybridized carbons (Fsp3) is 0.895. The van der Waals surface area contributed by atoms with Crippen LogP contribution >= 0.6 is 7.60 Å². The van der Waals surface area contributed by atoms with Crippen LogP contribution in [0.4, 0.5) is 0 Å². The van der Waals surface area contributed by atoms with Crippen LogP contribution in [-0.4, -0.2) is 46.3 Å². The molecule has 0 radical (unpaired) electrons. The summed E-state index contributed by atoms with van der Waals surface area (Å²) >= 11 is 0. The van der Waals surface area contributed by atoms with Crippen LogP contribution in [0.5, 0.6) is 0 Å². The number of carbonyl (C=O) groups is 1. The monoisotopic (exact) mass is 420 g/mol. The number of hydroxylamine groups is 2. The van der Waals surface area contributed by atoms with Gasteiger partial charge in [0.05, 0.1) is 19.3 Å². The Hall–Kier alpha value is -0.970. The number of nitrogens with zero attached hydrogens (tertiary/aromatic N) is 2. The summed E-state index contributed by atoms with van der Waals surface area (Å²) in [5.41, 5.74) is -2.70. The van der Waals surface area contributed by atoms with E-state index in [1.807, 2.05) is 41.5 Å². The second-order valence-electron chi connectivity index (χ2n) is 8.94. The maximum atomic E-state index is 13.7. The van der Waals surface area contributed by atoms with Crippen molar-refractivity contribution in [2.75, 3.05) is 13.2 Å². The number of hydrogen-bond donors (Lipinski definition) is 1. The Morgan fingerprint density at radius 1 is 1.11 bits per heavy atom. The van der Waals surface area contributed by atoms with Gasteiger partial charge < -0.3 is 14.2 Å². The van der Waals surface area contributed by atoms with E-state index in [4.69, 9.17) is 19.0 Å². The maximum Gasteiger partial charge on any atom is 0.350 e. The van der Waals surface area contributed by atoms with Gasteiger partial charge in [0.25, 0.3) is 0 Å². The molecule has 2 unspecified atom stereocenters. The molecule has 0 aromatic carbocycles. The summed E-state index contributed by atoms with van der Waals surface area (Å²) in [6.07, 6.45) is -0.243. The summed E-state index contributed by atoms with van der Waals surface area (Å²) in [6, 6.07) is 2.06. The van der Waals surface area contributed by atoms with Crippen molar-refractivity contribution in [1.29, 1.82) is 5.26 Å². The Morgan fingerprint density at radius 2 is 1.57 bits per heavy atom. The van der Waals surface area contributed by atoms with Crippen LogP contribution in [0.3, 0.4) is 0 Å². The fourth-order valence-electron chi connectivity index (χ4n) is 2.73. The smallest absolute Gasteiger partial charge is 0.350 e. The molecule has 1 N–H and O–H groups in total. The van der Waals surface area contributed by atoms with Crippen molar-refractivity contribution >= 4 is 13.6 Å². The lowest BCUT2D eigenvalue weighted by Crippen LogP contribution is -2.56. The Morgan fingerprint density at radius 3 is 1.86 bits per heavy atom. The van der Waals surface area contributed by atoms with E-state index in [0.717, 1.165) is 0 Å². The molecule has 0 aliphatic rings. The second kappa shape index (κ2) is 10.2. The van der Waals surface area contributed by atoms with Gasteiger partial charge in [-0.1, -0.05) is 20.8 Å². The first-order valence-corrected chi connectivity index (χ1v) is 11.2. The molecule has 0 aliphatic heterocycles. The second-order valence-corrected chi connectivity index (χ2v) is 11.0. The molecule has 0 fully saturated rings. The molecule has 0 aromatic heterocycles. The highest BCUT2D eigenvalue weighted by Crippen LogP contribution is 2.61. The third-order valence-corrected chi connectivity index (χ3v) is 6.75. The molecule has 8 nitrogen and oxygen atoms in total. The Bertz CT molecular complexity index is 595. The average molecular weight is 420 g/mol. The van der Waals surface area contributed by atoms with Crippen LogP contribution in [0.25, 0.3) is 0 Å². The van der Waals surface area contributed by atoms with Crippen molar-refractivity contribution in [2.45, 2.75) is 92.1 Å². The summed E-state index contributed by atoms with van der Waals surface area (Å²) < 4.78 is 25.0. The largest absolute Gasteiger partial charge is 0.481 e. The van der Waals surface area contributed by atoms with E-state index in [2.05, 4.69) is 6.07 Å². The molecule has 0 bridgehead atoms. The minimum atomic E-state index is -3.66. The Kier molecular flexibility index (Phi) is 9.82. The van der Waals surface area contributed by atoms with E-state index in [1.54, 1.807) is 13.8 Å². The van der Waals surface area contributed by atoms with E-state index in [0.29, 0.717) is 0 Å². The zero-order valence-electron chi connectivity index (χ0n) is 18.7. The molecule has 9 heteroatoms. The van der Waals surface area contributed by atoms with Gasteiger partial charge in [-0.15, -0.1) is 0 Å². The molecular formula is C19H37N2O6P. The molecule has 28 heavy (non-hydrogen) atoms. The van der Waals surface area contributed by atoms with Crippen molar-refractivity contribution in [2.24, 2.45) is 5.41 Å². The van der Waals surface area contributed by atoms with Gasteiger partial charge in [0, 0.05) is 18.4 Å². The SMILES string of the molecule is CCOP(=O)(OCC)C(N(OC(C)(C#N)CCC(=O)O)C(C)(C)C)C(C)(C)C. The lowest BCUT2D eigenvalue weighted by molar-refractivity contribution is -0.284. The lowest BCUT2D eigenvalue weighted by atomic mass is 9.93. The van der Waals surface area contributed by atoms with Crippen molar-refractivity contribution < 1.29 is 28.4 Å². The molecule has 164 valence electrons. The number of carboxylic acid groups (broad SMARTS) is 1. The van der Waals surface area contributed by atoms with Crippen molar-refractivity contribution in [1.82, 2.24) is 5.06 Å². The molecule has 0 heterocycles. The molecule has 0 aliphatic carbocycles. The van der Waals surface area contributed by atoms with Gasteiger partial charge in [0.1, 0.15) is 5.78 Å². The van der Waals surface area contributed by atoms with Gasteiger partial charge in [-0.25, -0.2) is 0 Å². The molecule has 0 spiro atoms. The third kappa shape index (κ3) is 7.81. The van der Waals surface area contributed by atoms with Crippen molar-refractivity contribution in [3.05, 3.63) is 0 Å². The standard InChI is InChI=1S/C19H37N2O6P/c1-10-25-28(24,26-11-2)16(17(3,4)5)21(18(6,7)8)27-19(9,14-20)13-12-15(22)23/h16H,10-13H2,1-9H3,(H,22,23). The van der Waals surface area contributed by atoms with Crippen LogP contribution in [0.15, 0.2) is 0 Å². The highest BCUT2D eigenvalue weighted by atomic mass is 31.2. The van der Waals surface area contributed by atoms with Crippen LogP contribution in [-0.2, 0) is 23.2 Å². The summed E-state index contributed by atoms with van der Waals surface area (Å²) in [7, 11) is -3.66. The van der Waals surface area contributed by atoms with E-state index >= 15 is 0 Å². The van der Waals surface area contributed by atoms with Crippen LogP contribution in [0.2, 0.25) is 0 Å². The zero-order chi connectivity index (χ0) is 22.4. The number of carboxylic acids is 1. The number of nitriles is 1. The topological polar surface area (TPSA) is 109 Å². The van der Waals surface area contributed by atoms with Gasteiger partial charge in [-0.3, -0.25) is 14.2 Å². The van der Waals surface area contributed by atoms with Crippen LogP contribution in [0.1, 0.15) is 75.2 Å². The minimum Gasteiger partial charge on any atom is -0.481 e.